The maximum atomic E-state index is 12.4. The van der Waals surface area contributed by atoms with Crippen LogP contribution < -0.4 is 5.32 Å². The van der Waals surface area contributed by atoms with E-state index < -0.39 is 42.7 Å². The number of benzene rings is 2. The van der Waals surface area contributed by atoms with E-state index in [2.05, 4.69) is 5.32 Å². The molecule has 0 aliphatic carbocycles. The number of hydrogen-bond donors (Lipinski definition) is 2. The van der Waals surface area contributed by atoms with Gasteiger partial charge >= 0.3 is 11.9 Å². The molecule has 1 unspecified atom stereocenters. The van der Waals surface area contributed by atoms with Crippen molar-refractivity contribution in [3.8, 4) is 0 Å². The number of esters is 1. The third-order valence-electron chi connectivity index (χ3n) is 4.45. The normalized spacial score (nSPS) is 11.6. The molecule has 2 aromatic carbocycles. The minimum Gasteiger partial charge on any atom is -0.481 e. The molecule has 2 N–H and O–H groups in total. The van der Waals surface area contributed by atoms with E-state index in [1.165, 1.54) is 11.3 Å². The molecule has 154 valence electrons. The van der Waals surface area contributed by atoms with Crippen LogP contribution in [0.5, 0.6) is 0 Å². The fraction of sp³-hybridized carbons (Fsp3) is 0.182. The van der Waals surface area contributed by atoms with Crippen LogP contribution in [0.2, 0.25) is 0 Å². The first-order chi connectivity index (χ1) is 14.4. The Morgan fingerprint density at radius 1 is 1.03 bits per heavy atom. The van der Waals surface area contributed by atoms with Crippen molar-refractivity contribution < 1.29 is 29.0 Å². The second-order valence-corrected chi connectivity index (χ2v) is 7.36. The van der Waals surface area contributed by atoms with Crippen LogP contribution in [0.15, 0.2) is 59.3 Å². The highest BCUT2D eigenvalue weighted by molar-refractivity contribution is 7.08. The second-order valence-electron chi connectivity index (χ2n) is 6.58. The Morgan fingerprint density at radius 3 is 2.53 bits per heavy atom. The first-order valence-electron chi connectivity index (χ1n) is 9.14. The summed E-state index contributed by atoms with van der Waals surface area (Å²) < 4.78 is 5.06. The standard InChI is InChI=1S/C22H19NO6S/c24-19(18(11-20(25)26)23-22(28)16-8-9-30-13-16)12-29-21(27)10-15-6-3-5-14-4-1-2-7-17(14)15/h1-9,13,18H,10-12H2,(H,23,28)(H,25,26). The van der Waals surface area contributed by atoms with Gasteiger partial charge in [-0.1, -0.05) is 42.5 Å². The van der Waals surface area contributed by atoms with E-state index in [0.29, 0.717) is 5.56 Å². The summed E-state index contributed by atoms with van der Waals surface area (Å²) in [7, 11) is 0. The number of carboxylic acid groups (broad SMARTS) is 1. The molecule has 0 saturated carbocycles. The predicted molar refractivity (Wildman–Crippen MR) is 111 cm³/mol. The lowest BCUT2D eigenvalue weighted by molar-refractivity contribution is -0.148. The van der Waals surface area contributed by atoms with Gasteiger partial charge in [-0.3, -0.25) is 19.2 Å². The summed E-state index contributed by atoms with van der Waals surface area (Å²) >= 11 is 1.30. The Kier molecular flexibility index (Phi) is 6.92. The number of ether oxygens (including phenoxy) is 1. The van der Waals surface area contributed by atoms with Crippen molar-refractivity contribution in [2.24, 2.45) is 0 Å². The maximum absolute atomic E-state index is 12.4. The lowest BCUT2D eigenvalue weighted by Crippen LogP contribution is -2.44. The summed E-state index contributed by atoms with van der Waals surface area (Å²) in [5.41, 5.74) is 1.09. The van der Waals surface area contributed by atoms with Crippen molar-refractivity contribution in [1.29, 1.82) is 0 Å². The molecule has 0 aliphatic rings. The van der Waals surface area contributed by atoms with E-state index in [4.69, 9.17) is 9.84 Å². The highest BCUT2D eigenvalue weighted by Gasteiger charge is 2.25. The van der Waals surface area contributed by atoms with Crippen LogP contribution in [0.1, 0.15) is 22.3 Å². The maximum Gasteiger partial charge on any atom is 0.310 e. The molecule has 7 nitrogen and oxygen atoms in total. The third-order valence-corrected chi connectivity index (χ3v) is 5.13. The van der Waals surface area contributed by atoms with Gasteiger partial charge in [-0.05, 0) is 27.8 Å². The summed E-state index contributed by atoms with van der Waals surface area (Å²) in [6.07, 6.45) is -0.630. The first-order valence-corrected chi connectivity index (χ1v) is 10.1. The molecule has 0 radical (unpaired) electrons. The third kappa shape index (κ3) is 5.51. The number of carbonyl (C=O) groups excluding carboxylic acids is 3. The van der Waals surface area contributed by atoms with Gasteiger partial charge in [0.15, 0.2) is 12.4 Å². The summed E-state index contributed by atoms with van der Waals surface area (Å²) in [6, 6.07) is 13.4. The quantitative estimate of drug-likeness (QED) is 0.510. The molecule has 1 amide bonds. The van der Waals surface area contributed by atoms with Gasteiger partial charge in [-0.2, -0.15) is 11.3 Å². The van der Waals surface area contributed by atoms with Crippen LogP contribution in [0.3, 0.4) is 0 Å². The largest absolute Gasteiger partial charge is 0.481 e. The van der Waals surface area contributed by atoms with E-state index in [-0.39, 0.29) is 6.42 Å². The number of ketones is 1. The number of hydrogen-bond acceptors (Lipinski definition) is 6. The van der Waals surface area contributed by atoms with E-state index in [1.54, 1.807) is 22.9 Å². The van der Waals surface area contributed by atoms with Gasteiger partial charge in [-0.15, -0.1) is 0 Å². The Labute approximate surface area is 176 Å². The summed E-state index contributed by atoms with van der Waals surface area (Å²) in [5.74, 6) is -3.11. The zero-order chi connectivity index (χ0) is 21.5. The second kappa shape index (κ2) is 9.80. The van der Waals surface area contributed by atoms with Crippen LogP contribution in [-0.4, -0.2) is 41.4 Å². The smallest absolute Gasteiger partial charge is 0.310 e. The lowest BCUT2D eigenvalue weighted by atomic mass is 10.0. The summed E-state index contributed by atoms with van der Waals surface area (Å²) in [4.78, 5) is 47.9. The minimum absolute atomic E-state index is 0.0283. The molecular formula is C22H19NO6S. The van der Waals surface area contributed by atoms with Gasteiger partial charge < -0.3 is 15.2 Å². The highest BCUT2D eigenvalue weighted by atomic mass is 32.1. The van der Waals surface area contributed by atoms with Crippen LogP contribution in [0.25, 0.3) is 10.8 Å². The Hall–Kier alpha value is -3.52. The van der Waals surface area contributed by atoms with Crippen LogP contribution in [-0.2, 0) is 25.5 Å². The average Bonchev–Trinajstić information content (AvgIpc) is 3.26. The molecule has 0 bridgehead atoms. The van der Waals surface area contributed by atoms with Gasteiger partial charge in [0.2, 0.25) is 0 Å². The fourth-order valence-electron chi connectivity index (χ4n) is 2.96. The van der Waals surface area contributed by atoms with Crippen LogP contribution in [0, 0.1) is 0 Å². The number of rotatable bonds is 9. The number of thiophene rings is 1. The van der Waals surface area contributed by atoms with E-state index >= 15 is 0 Å². The average molecular weight is 425 g/mol. The molecule has 1 atom stereocenters. The molecule has 3 rings (SSSR count). The van der Waals surface area contributed by atoms with Crippen molar-refractivity contribution in [2.75, 3.05) is 6.61 Å². The van der Waals surface area contributed by atoms with E-state index in [0.717, 1.165) is 16.3 Å². The number of carboxylic acids is 1. The SMILES string of the molecule is O=C(O)CC(NC(=O)c1ccsc1)C(=O)COC(=O)Cc1cccc2ccccc12. The zero-order valence-corrected chi connectivity index (χ0v) is 16.7. The van der Waals surface area contributed by atoms with Crippen molar-refractivity contribution in [3.05, 3.63) is 70.4 Å². The Balaban J connectivity index is 1.60. The molecule has 3 aromatic rings. The molecule has 0 aliphatic heterocycles. The monoisotopic (exact) mass is 425 g/mol. The fourth-order valence-corrected chi connectivity index (χ4v) is 3.60. The number of nitrogens with one attached hydrogen (secondary N) is 1. The van der Waals surface area contributed by atoms with Gasteiger partial charge in [0.1, 0.15) is 6.04 Å². The molecule has 0 fully saturated rings. The van der Waals surface area contributed by atoms with Gasteiger partial charge in [0, 0.05) is 5.38 Å². The van der Waals surface area contributed by atoms with Crippen molar-refractivity contribution in [1.82, 2.24) is 5.32 Å². The minimum atomic E-state index is -1.29. The molecule has 1 aromatic heterocycles. The number of Topliss-reactive ketones (excluding diaryl/α,β-unsaturated/α-hetero) is 1. The van der Waals surface area contributed by atoms with Crippen LogP contribution >= 0.6 is 11.3 Å². The van der Waals surface area contributed by atoms with Crippen LogP contribution in [0.4, 0.5) is 0 Å². The zero-order valence-electron chi connectivity index (χ0n) is 15.9. The van der Waals surface area contributed by atoms with Gasteiger partial charge in [-0.25, -0.2) is 0 Å². The van der Waals surface area contributed by atoms with E-state index in [1.807, 2.05) is 36.4 Å². The van der Waals surface area contributed by atoms with Gasteiger partial charge in [0.05, 0.1) is 18.4 Å². The van der Waals surface area contributed by atoms with Gasteiger partial charge in [0.25, 0.3) is 5.91 Å². The topological polar surface area (TPSA) is 110 Å². The van der Waals surface area contributed by atoms with Crippen molar-refractivity contribution in [2.45, 2.75) is 18.9 Å². The number of carbonyl (C=O) groups is 4. The molecule has 0 saturated heterocycles. The molecular weight excluding hydrogens is 406 g/mol. The number of amides is 1. The first kappa shape index (κ1) is 21.2. The Morgan fingerprint density at radius 2 is 1.80 bits per heavy atom. The summed E-state index contributed by atoms with van der Waals surface area (Å²) in [5, 5.41) is 16.6. The van der Waals surface area contributed by atoms with E-state index in [9.17, 15) is 19.2 Å². The summed E-state index contributed by atoms with van der Waals surface area (Å²) in [6.45, 7) is -0.620. The molecule has 0 spiro atoms. The highest BCUT2D eigenvalue weighted by Crippen LogP contribution is 2.19. The Bertz CT molecular complexity index is 1070. The number of fused-ring (bicyclic) bond motifs is 1. The van der Waals surface area contributed by atoms with Crippen molar-refractivity contribution >= 4 is 45.7 Å². The molecule has 8 heteroatoms. The number of aliphatic carboxylic acids is 1. The van der Waals surface area contributed by atoms with Crippen molar-refractivity contribution in [3.63, 3.8) is 0 Å². The predicted octanol–water partition coefficient (Wildman–Crippen LogP) is 2.83. The molecule has 1 heterocycles. The lowest BCUT2D eigenvalue weighted by Gasteiger charge is -2.15. The molecule has 30 heavy (non-hydrogen) atoms.